The second kappa shape index (κ2) is 8.42. The van der Waals surface area contributed by atoms with Crippen LogP contribution in [0.5, 0.6) is 0 Å². The SMILES string of the molecule is CCOC=CC(O)(CNC(=O)OCc1ccccc1)C(F)(F)F. The van der Waals surface area contributed by atoms with Crippen LogP contribution in [0.15, 0.2) is 42.7 Å². The zero-order valence-electron chi connectivity index (χ0n) is 12.5. The van der Waals surface area contributed by atoms with Crippen molar-refractivity contribution in [2.75, 3.05) is 13.2 Å². The largest absolute Gasteiger partial charge is 0.502 e. The Labute approximate surface area is 131 Å². The van der Waals surface area contributed by atoms with Gasteiger partial charge in [-0.05, 0) is 18.6 Å². The van der Waals surface area contributed by atoms with E-state index in [1.54, 1.807) is 37.3 Å². The zero-order valence-corrected chi connectivity index (χ0v) is 12.5. The van der Waals surface area contributed by atoms with E-state index in [1.807, 2.05) is 5.32 Å². The average molecular weight is 333 g/mol. The number of alkyl carbamates (subject to hydrolysis) is 1. The minimum atomic E-state index is -4.98. The number of carbonyl (C=O) groups is 1. The number of rotatable bonds is 7. The van der Waals surface area contributed by atoms with Crippen molar-refractivity contribution in [2.24, 2.45) is 0 Å². The summed E-state index contributed by atoms with van der Waals surface area (Å²) >= 11 is 0. The molecule has 0 spiro atoms. The minimum Gasteiger partial charge on any atom is -0.502 e. The van der Waals surface area contributed by atoms with Crippen LogP contribution in [0.3, 0.4) is 0 Å². The Balaban J connectivity index is 2.55. The molecule has 0 saturated heterocycles. The van der Waals surface area contributed by atoms with E-state index in [2.05, 4.69) is 4.74 Å². The lowest BCUT2D eigenvalue weighted by atomic mass is 10.0. The van der Waals surface area contributed by atoms with E-state index >= 15 is 0 Å². The second-order valence-electron chi connectivity index (χ2n) is 4.60. The van der Waals surface area contributed by atoms with Gasteiger partial charge in [0.15, 0.2) is 5.60 Å². The molecule has 1 aromatic rings. The van der Waals surface area contributed by atoms with Gasteiger partial charge in [0.05, 0.1) is 19.4 Å². The molecule has 1 atom stereocenters. The first-order chi connectivity index (χ1) is 10.8. The molecule has 0 radical (unpaired) electrons. The van der Waals surface area contributed by atoms with Crippen LogP contribution in [0.2, 0.25) is 0 Å². The van der Waals surface area contributed by atoms with Crippen molar-refractivity contribution in [3.05, 3.63) is 48.2 Å². The van der Waals surface area contributed by atoms with Gasteiger partial charge in [0, 0.05) is 0 Å². The summed E-state index contributed by atoms with van der Waals surface area (Å²) in [5, 5.41) is 11.5. The molecule has 2 N–H and O–H groups in total. The van der Waals surface area contributed by atoms with Crippen molar-refractivity contribution in [3.8, 4) is 0 Å². The predicted octanol–water partition coefficient (Wildman–Crippen LogP) is 2.76. The van der Waals surface area contributed by atoms with Crippen LogP contribution in [0.25, 0.3) is 0 Å². The third-order valence-corrected chi connectivity index (χ3v) is 2.81. The summed E-state index contributed by atoms with van der Waals surface area (Å²) in [6.45, 7) is 0.548. The highest BCUT2D eigenvalue weighted by atomic mass is 19.4. The monoisotopic (exact) mass is 333 g/mol. The highest BCUT2D eigenvalue weighted by molar-refractivity contribution is 5.67. The van der Waals surface area contributed by atoms with Gasteiger partial charge >= 0.3 is 12.3 Å². The molecule has 1 amide bonds. The van der Waals surface area contributed by atoms with Crippen LogP contribution in [0.4, 0.5) is 18.0 Å². The number of ether oxygens (including phenoxy) is 2. The lowest BCUT2D eigenvalue weighted by Crippen LogP contribution is -2.52. The predicted molar refractivity (Wildman–Crippen MR) is 76.4 cm³/mol. The molecular weight excluding hydrogens is 315 g/mol. The van der Waals surface area contributed by atoms with Gasteiger partial charge in [0.25, 0.3) is 0 Å². The molecule has 128 valence electrons. The van der Waals surface area contributed by atoms with Crippen molar-refractivity contribution < 1.29 is 32.5 Å². The fourth-order valence-corrected chi connectivity index (χ4v) is 1.49. The molecule has 1 aromatic carbocycles. The fraction of sp³-hybridized carbons (Fsp3) is 0.400. The number of hydrogen-bond donors (Lipinski definition) is 2. The third kappa shape index (κ3) is 6.19. The van der Waals surface area contributed by atoms with E-state index in [0.717, 1.165) is 6.26 Å². The third-order valence-electron chi connectivity index (χ3n) is 2.81. The number of aliphatic hydroxyl groups is 1. The standard InChI is InChI=1S/C15H18F3NO4/c1-2-22-9-8-14(21,15(16,17)18)11-19-13(20)23-10-12-6-4-3-5-7-12/h3-9,21H,2,10-11H2,1H3,(H,19,20). The van der Waals surface area contributed by atoms with Crippen molar-refractivity contribution in [1.29, 1.82) is 0 Å². The average Bonchev–Trinajstić information content (AvgIpc) is 2.51. The Morgan fingerprint density at radius 1 is 1.30 bits per heavy atom. The smallest absolute Gasteiger partial charge is 0.422 e. The maximum absolute atomic E-state index is 12.9. The van der Waals surface area contributed by atoms with Gasteiger partial charge < -0.3 is 19.9 Å². The molecule has 0 saturated carbocycles. The summed E-state index contributed by atoms with van der Waals surface area (Å²) < 4.78 is 48.1. The number of carbonyl (C=O) groups excluding carboxylic acids is 1. The molecule has 5 nitrogen and oxygen atoms in total. The van der Waals surface area contributed by atoms with E-state index < -0.39 is 24.4 Å². The maximum atomic E-state index is 12.9. The van der Waals surface area contributed by atoms with Crippen molar-refractivity contribution in [3.63, 3.8) is 0 Å². The zero-order chi connectivity index (χ0) is 17.3. The molecule has 1 rings (SSSR count). The topological polar surface area (TPSA) is 67.8 Å². The van der Waals surface area contributed by atoms with Crippen LogP contribution in [-0.4, -0.2) is 36.1 Å². The summed E-state index contributed by atoms with van der Waals surface area (Å²) in [4.78, 5) is 11.5. The minimum absolute atomic E-state index is 0.0914. The van der Waals surface area contributed by atoms with Crippen molar-refractivity contribution in [2.45, 2.75) is 25.3 Å². The Kier molecular flexibility index (Phi) is 6.89. The van der Waals surface area contributed by atoms with Crippen LogP contribution >= 0.6 is 0 Å². The quantitative estimate of drug-likeness (QED) is 0.753. The van der Waals surface area contributed by atoms with E-state index in [9.17, 15) is 23.1 Å². The molecule has 0 heterocycles. The number of hydrogen-bond acceptors (Lipinski definition) is 4. The van der Waals surface area contributed by atoms with Crippen LogP contribution in [0.1, 0.15) is 12.5 Å². The molecule has 0 aromatic heterocycles. The summed E-state index contributed by atoms with van der Waals surface area (Å²) in [6.07, 6.45) is -4.87. The summed E-state index contributed by atoms with van der Waals surface area (Å²) in [5.41, 5.74) is -2.56. The van der Waals surface area contributed by atoms with Crippen molar-refractivity contribution in [1.82, 2.24) is 5.32 Å². The first kappa shape index (κ1) is 18.8. The Morgan fingerprint density at radius 2 is 1.96 bits per heavy atom. The van der Waals surface area contributed by atoms with E-state index in [0.29, 0.717) is 11.6 Å². The summed E-state index contributed by atoms with van der Waals surface area (Å²) in [5.74, 6) is 0. The normalized spacial score (nSPS) is 14.3. The number of nitrogens with one attached hydrogen (secondary N) is 1. The van der Waals surface area contributed by atoms with Crippen LogP contribution in [-0.2, 0) is 16.1 Å². The molecule has 0 aliphatic heterocycles. The number of benzene rings is 1. The lowest BCUT2D eigenvalue weighted by molar-refractivity contribution is -0.237. The van der Waals surface area contributed by atoms with E-state index in [1.165, 1.54) is 0 Å². The number of halogens is 3. The first-order valence-electron chi connectivity index (χ1n) is 6.81. The Hall–Kier alpha value is -2.22. The molecular formula is C15H18F3NO4. The Morgan fingerprint density at radius 3 is 2.52 bits per heavy atom. The molecule has 0 bridgehead atoms. The molecule has 0 aliphatic carbocycles. The van der Waals surface area contributed by atoms with Gasteiger partial charge in [-0.1, -0.05) is 30.3 Å². The second-order valence-corrected chi connectivity index (χ2v) is 4.60. The molecule has 1 unspecified atom stereocenters. The maximum Gasteiger partial charge on any atom is 0.422 e. The number of amides is 1. The number of alkyl halides is 3. The van der Waals surface area contributed by atoms with Gasteiger partial charge in [0.2, 0.25) is 0 Å². The fourth-order valence-electron chi connectivity index (χ4n) is 1.49. The van der Waals surface area contributed by atoms with Gasteiger partial charge in [-0.2, -0.15) is 13.2 Å². The van der Waals surface area contributed by atoms with Gasteiger partial charge in [-0.25, -0.2) is 4.79 Å². The van der Waals surface area contributed by atoms with Crippen LogP contribution in [0, 0.1) is 0 Å². The van der Waals surface area contributed by atoms with Crippen LogP contribution < -0.4 is 5.32 Å². The molecule has 0 aliphatic rings. The first-order valence-corrected chi connectivity index (χ1v) is 6.81. The van der Waals surface area contributed by atoms with Crippen molar-refractivity contribution >= 4 is 6.09 Å². The highest BCUT2D eigenvalue weighted by Crippen LogP contribution is 2.31. The summed E-state index contributed by atoms with van der Waals surface area (Å²) in [6, 6.07) is 8.64. The lowest BCUT2D eigenvalue weighted by Gasteiger charge is -2.27. The van der Waals surface area contributed by atoms with E-state index in [4.69, 9.17) is 4.74 Å². The van der Waals surface area contributed by atoms with Gasteiger partial charge in [-0.15, -0.1) is 0 Å². The molecule has 23 heavy (non-hydrogen) atoms. The van der Waals surface area contributed by atoms with E-state index in [-0.39, 0.29) is 13.2 Å². The van der Waals surface area contributed by atoms with Gasteiger partial charge in [0.1, 0.15) is 6.61 Å². The summed E-state index contributed by atoms with van der Waals surface area (Å²) in [7, 11) is 0. The Bertz CT molecular complexity index is 519. The molecule has 8 heteroatoms. The molecule has 0 fully saturated rings. The van der Waals surface area contributed by atoms with Gasteiger partial charge in [-0.3, -0.25) is 0 Å². The highest BCUT2D eigenvalue weighted by Gasteiger charge is 2.52.